The number of nitrogens with zero attached hydrogens (tertiary/aromatic N) is 3. The Morgan fingerprint density at radius 3 is 2.57 bits per heavy atom. The molecule has 0 bridgehead atoms. The number of sulfonamides is 1. The van der Waals surface area contributed by atoms with Crippen LogP contribution >= 0.6 is 0 Å². The van der Waals surface area contributed by atoms with Crippen molar-refractivity contribution < 1.29 is 18.0 Å². The lowest BCUT2D eigenvalue weighted by Crippen LogP contribution is -2.37. The largest absolute Gasteiger partial charge is 0.370 e. The van der Waals surface area contributed by atoms with Gasteiger partial charge in [0.2, 0.25) is 21.8 Å². The van der Waals surface area contributed by atoms with E-state index >= 15 is 0 Å². The Hall–Kier alpha value is -1.97. The minimum absolute atomic E-state index is 0.0264. The van der Waals surface area contributed by atoms with E-state index in [0.29, 0.717) is 32.6 Å². The molecule has 0 saturated carbocycles. The highest BCUT2D eigenvalue weighted by Gasteiger charge is 2.34. The van der Waals surface area contributed by atoms with Gasteiger partial charge in [-0.05, 0) is 50.2 Å². The molecule has 0 aromatic heterocycles. The molecule has 0 spiro atoms. The fourth-order valence-corrected chi connectivity index (χ4v) is 5.34. The van der Waals surface area contributed by atoms with Gasteiger partial charge in [0.1, 0.15) is 0 Å². The van der Waals surface area contributed by atoms with Crippen LogP contribution in [-0.4, -0.2) is 74.1 Å². The molecule has 0 unspecified atom stereocenters. The Morgan fingerprint density at radius 1 is 1.18 bits per heavy atom. The number of nitrogens with two attached hydrogens (primary N) is 1. The summed E-state index contributed by atoms with van der Waals surface area (Å²) in [7, 11) is 0.368. The topological polar surface area (TPSA) is 104 Å². The van der Waals surface area contributed by atoms with Crippen molar-refractivity contribution in [2.24, 2.45) is 5.73 Å². The summed E-state index contributed by atoms with van der Waals surface area (Å²) < 4.78 is 27.7. The van der Waals surface area contributed by atoms with Gasteiger partial charge >= 0.3 is 0 Å². The Labute approximate surface area is 166 Å². The van der Waals surface area contributed by atoms with Gasteiger partial charge in [0.15, 0.2) is 0 Å². The molecular weight excluding hydrogens is 380 g/mol. The van der Waals surface area contributed by atoms with Crippen molar-refractivity contribution in [3.8, 4) is 0 Å². The van der Waals surface area contributed by atoms with Gasteiger partial charge in [0.25, 0.3) is 0 Å². The number of hydrogen-bond donors (Lipinski definition) is 1. The molecule has 2 amide bonds. The molecule has 9 heteroatoms. The van der Waals surface area contributed by atoms with Crippen LogP contribution in [-0.2, 0) is 32.6 Å². The van der Waals surface area contributed by atoms with Crippen molar-refractivity contribution in [3.05, 3.63) is 29.3 Å². The second kappa shape index (κ2) is 8.18. The summed E-state index contributed by atoms with van der Waals surface area (Å²) in [6.45, 7) is 1.92. The summed E-state index contributed by atoms with van der Waals surface area (Å²) in [4.78, 5) is 27.2. The van der Waals surface area contributed by atoms with Gasteiger partial charge in [-0.15, -0.1) is 0 Å². The van der Waals surface area contributed by atoms with Crippen LogP contribution in [0.5, 0.6) is 0 Å². The molecule has 28 heavy (non-hydrogen) atoms. The number of benzene rings is 1. The maximum Gasteiger partial charge on any atom is 0.243 e. The second-order valence-corrected chi connectivity index (χ2v) is 9.67. The summed E-state index contributed by atoms with van der Waals surface area (Å²) in [5.74, 6) is -0.633. The minimum atomic E-state index is -3.56. The Morgan fingerprint density at radius 2 is 1.93 bits per heavy atom. The second-order valence-electron chi connectivity index (χ2n) is 7.73. The van der Waals surface area contributed by atoms with Gasteiger partial charge in [-0.25, -0.2) is 8.42 Å². The maximum absolute atomic E-state index is 13.1. The molecule has 8 nitrogen and oxygen atoms in total. The number of hydrogen-bond acceptors (Lipinski definition) is 5. The fraction of sp³-hybridized carbons (Fsp3) is 0.579. The van der Waals surface area contributed by atoms with E-state index in [1.165, 1.54) is 4.31 Å². The van der Waals surface area contributed by atoms with Crippen LogP contribution in [0.3, 0.4) is 0 Å². The van der Waals surface area contributed by atoms with E-state index < -0.39 is 15.9 Å². The lowest BCUT2D eigenvalue weighted by Gasteiger charge is -2.29. The van der Waals surface area contributed by atoms with E-state index in [1.807, 2.05) is 20.2 Å². The lowest BCUT2D eigenvalue weighted by molar-refractivity contribution is -0.133. The summed E-state index contributed by atoms with van der Waals surface area (Å²) in [6, 6.07) is 5.45. The molecule has 154 valence electrons. The van der Waals surface area contributed by atoms with E-state index in [9.17, 15) is 18.0 Å². The van der Waals surface area contributed by atoms with Gasteiger partial charge in [-0.2, -0.15) is 4.31 Å². The number of fused-ring (bicyclic) bond motifs is 1. The molecule has 1 aromatic rings. The molecule has 2 heterocycles. The number of likely N-dealkylation sites (N-methyl/N-ethyl adjacent to an activating group) is 1. The molecular formula is C19H28N4O4S. The number of carbonyl (C=O) groups excluding carboxylic acids is 2. The zero-order valence-electron chi connectivity index (χ0n) is 16.4. The molecule has 2 aliphatic rings. The average molecular weight is 409 g/mol. The van der Waals surface area contributed by atoms with E-state index in [2.05, 4.69) is 4.90 Å². The lowest BCUT2D eigenvalue weighted by atomic mass is 9.99. The van der Waals surface area contributed by atoms with Crippen LogP contribution < -0.4 is 5.73 Å². The number of primary amides is 1. The third-order valence-corrected chi connectivity index (χ3v) is 7.48. The molecule has 2 N–H and O–H groups in total. The normalized spacial score (nSPS) is 20.4. The van der Waals surface area contributed by atoms with Crippen molar-refractivity contribution in [3.63, 3.8) is 0 Å². The predicted octanol–water partition coefficient (Wildman–Crippen LogP) is 0.161. The van der Waals surface area contributed by atoms with Crippen LogP contribution in [0.1, 0.15) is 30.4 Å². The number of rotatable bonds is 6. The Bertz CT molecular complexity index is 869. The summed E-state index contributed by atoms with van der Waals surface area (Å²) >= 11 is 0. The molecule has 1 atom stereocenters. The van der Waals surface area contributed by atoms with Crippen molar-refractivity contribution in [2.45, 2.75) is 43.2 Å². The van der Waals surface area contributed by atoms with Gasteiger partial charge in [0, 0.05) is 45.1 Å². The molecule has 0 radical (unpaired) electrons. The fourth-order valence-electron chi connectivity index (χ4n) is 3.79. The zero-order valence-corrected chi connectivity index (χ0v) is 17.2. The van der Waals surface area contributed by atoms with Crippen LogP contribution in [0.2, 0.25) is 0 Å². The van der Waals surface area contributed by atoms with Gasteiger partial charge < -0.3 is 15.5 Å². The SMILES string of the molecule is CN(C)[C@H]1CCN(S(=O)(=O)c2ccc3c(c2)CN(C(=O)CCC(N)=O)CC3)C1. The predicted molar refractivity (Wildman–Crippen MR) is 105 cm³/mol. The van der Waals surface area contributed by atoms with Gasteiger partial charge in [-0.3, -0.25) is 9.59 Å². The third-order valence-electron chi connectivity index (χ3n) is 5.62. The van der Waals surface area contributed by atoms with E-state index in [1.54, 1.807) is 17.0 Å². The quantitative estimate of drug-likeness (QED) is 0.722. The Kier molecular flexibility index (Phi) is 6.07. The molecule has 1 saturated heterocycles. The van der Waals surface area contributed by atoms with E-state index in [-0.39, 0.29) is 29.7 Å². The van der Waals surface area contributed by atoms with Crippen molar-refractivity contribution in [2.75, 3.05) is 33.7 Å². The smallest absolute Gasteiger partial charge is 0.243 e. The Balaban J connectivity index is 1.75. The average Bonchev–Trinajstić information content (AvgIpc) is 3.16. The zero-order chi connectivity index (χ0) is 20.5. The third kappa shape index (κ3) is 4.37. The van der Waals surface area contributed by atoms with E-state index in [4.69, 9.17) is 5.73 Å². The molecule has 1 fully saturated rings. The highest BCUT2D eigenvalue weighted by molar-refractivity contribution is 7.89. The maximum atomic E-state index is 13.1. The van der Waals surface area contributed by atoms with E-state index in [0.717, 1.165) is 17.5 Å². The number of carbonyl (C=O) groups is 2. The minimum Gasteiger partial charge on any atom is -0.370 e. The monoisotopic (exact) mass is 408 g/mol. The first-order valence-electron chi connectivity index (χ1n) is 9.53. The first-order chi connectivity index (χ1) is 13.2. The highest BCUT2D eigenvalue weighted by atomic mass is 32.2. The van der Waals surface area contributed by atoms with Crippen LogP contribution in [0, 0.1) is 0 Å². The van der Waals surface area contributed by atoms with Crippen molar-refractivity contribution in [1.82, 2.24) is 14.1 Å². The standard InChI is InChI=1S/C19H28N4O4S/c1-21(2)16-8-10-23(13-16)28(26,27)17-4-3-14-7-9-22(12-15(14)11-17)19(25)6-5-18(20)24/h3-4,11,16H,5-10,12-13H2,1-2H3,(H2,20,24)/t16-/m0/s1. The highest BCUT2D eigenvalue weighted by Crippen LogP contribution is 2.27. The molecule has 1 aromatic carbocycles. The number of amides is 2. The van der Waals surface area contributed by atoms with Crippen molar-refractivity contribution >= 4 is 21.8 Å². The molecule has 0 aliphatic carbocycles. The molecule has 2 aliphatic heterocycles. The van der Waals surface area contributed by atoms with Crippen LogP contribution in [0.4, 0.5) is 0 Å². The summed E-state index contributed by atoms with van der Waals surface area (Å²) in [6.07, 6.45) is 1.60. The summed E-state index contributed by atoms with van der Waals surface area (Å²) in [5, 5.41) is 0. The van der Waals surface area contributed by atoms with Crippen LogP contribution in [0.25, 0.3) is 0 Å². The summed E-state index contributed by atoms with van der Waals surface area (Å²) in [5.41, 5.74) is 7.03. The van der Waals surface area contributed by atoms with Crippen LogP contribution in [0.15, 0.2) is 23.1 Å². The molecule has 3 rings (SSSR count). The van der Waals surface area contributed by atoms with Gasteiger partial charge in [-0.1, -0.05) is 6.07 Å². The first-order valence-corrected chi connectivity index (χ1v) is 11.0. The van der Waals surface area contributed by atoms with Gasteiger partial charge in [0.05, 0.1) is 4.90 Å². The first kappa shape index (κ1) is 20.8. The van der Waals surface area contributed by atoms with Crippen molar-refractivity contribution in [1.29, 1.82) is 0 Å².